The maximum absolute atomic E-state index is 12.3. The van der Waals surface area contributed by atoms with Gasteiger partial charge in [0, 0.05) is 18.9 Å². The molecule has 0 radical (unpaired) electrons. The zero-order chi connectivity index (χ0) is 14.4. The van der Waals surface area contributed by atoms with Crippen molar-refractivity contribution >= 4 is 29.1 Å². The standard InChI is InChI=1S/C14H15ClN4O/c1-2-7-16-12-10(5-3-8-17-12)14(20)19-13-11(15)6-4-9-18-13/h3-6,8-9H,2,7H2,1H3,(H,16,17)(H,18,19,20). The molecule has 0 saturated carbocycles. The predicted octanol–water partition coefficient (Wildman–Crippen LogP) is 3.20. The van der Waals surface area contributed by atoms with Crippen molar-refractivity contribution in [2.75, 3.05) is 17.2 Å². The van der Waals surface area contributed by atoms with Crippen LogP contribution in [0.2, 0.25) is 5.02 Å². The Bertz CT molecular complexity index is 603. The number of rotatable bonds is 5. The maximum Gasteiger partial charge on any atom is 0.260 e. The number of carbonyl (C=O) groups excluding carboxylic acids is 1. The molecule has 0 aliphatic carbocycles. The van der Waals surface area contributed by atoms with E-state index in [0.29, 0.717) is 22.2 Å². The number of aromatic nitrogens is 2. The molecule has 2 rings (SSSR count). The average molecular weight is 291 g/mol. The van der Waals surface area contributed by atoms with Crippen LogP contribution in [0, 0.1) is 0 Å². The molecule has 0 aliphatic heterocycles. The number of nitrogens with one attached hydrogen (secondary N) is 2. The Kier molecular flexibility index (Phi) is 4.90. The summed E-state index contributed by atoms with van der Waals surface area (Å²) in [5, 5.41) is 6.20. The van der Waals surface area contributed by atoms with Crippen LogP contribution < -0.4 is 10.6 Å². The molecule has 0 unspecified atom stereocenters. The molecule has 5 nitrogen and oxygen atoms in total. The predicted molar refractivity (Wildman–Crippen MR) is 80.2 cm³/mol. The fraction of sp³-hybridized carbons (Fsp3) is 0.214. The van der Waals surface area contributed by atoms with Crippen LogP contribution in [0.3, 0.4) is 0 Å². The molecule has 0 aliphatic rings. The summed E-state index contributed by atoms with van der Waals surface area (Å²) in [5.41, 5.74) is 0.461. The van der Waals surface area contributed by atoms with Crippen LogP contribution in [0.15, 0.2) is 36.7 Å². The Hall–Kier alpha value is -2.14. The fourth-order valence-electron chi connectivity index (χ4n) is 1.63. The Morgan fingerprint density at radius 3 is 2.60 bits per heavy atom. The molecule has 0 saturated heterocycles. The summed E-state index contributed by atoms with van der Waals surface area (Å²) in [6.45, 7) is 2.80. The summed E-state index contributed by atoms with van der Waals surface area (Å²) in [6.07, 6.45) is 4.16. The molecule has 0 fully saturated rings. The van der Waals surface area contributed by atoms with Crippen molar-refractivity contribution in [1.29, 1.82) is 0 Å². The molecule has 104 valence electrons. The van der Waals surface area contributed by atoms with Crippen LogP contribution in [0.5, 0.6) is 0 Å². The SMILES string of the molecule is CCCNc1ncccc1C(=O)Nc1ncccc1Cl. The van der Waals surface area contributed by atoms with Gasteiger partial charge in [-0.2, -0.15) is 0 Å². The summed E-state index contributed by atoms with van der Waals surface area (Å²) in [6, 6.07) is 6.79. The van der Waals surface area contributed by atoms with Crippen molar-refractivity contribution in [3.8, 4) is 0 Å². The second kappa shape index (κ2) is 6.86. The van der Waals surface area contributed by atoms with Gasteiger partial charge in [-0.05, 0) is 30.7 Å². The number of hydrogen-bond acceptors (Lipinski definition) is 4. The monoisotopic (exact) mass is 290 g/mol. The Morgan fingerprint density at radius 2 is 1.90 bits per heavy atom. The normalized spacial score (nSPS) is 10.1. The molecule has 2 aromatic heterocycles. The van der Waals surface area contributed by atoms with Gasteiger partial charge in [0.05, 0.1) is 10.6 Å². The lowest BCUT2D eigenvalue weighted by Crippen LogP contribution is -2.16. The molecule has 2 aromatic rings. The van der Waals surface area contributed by atoms with E-state index in [9.17, 15) is 4.79 Å². The highest BCUT2D eigenvalue weighted by atomic mass is 35.5. The van der Waals surface area contributed by atoms with E-state index in [0.717, 1.165) is 13.0 Å². The fourth-order valence-corrected chi connectivity index (χ4v) is 1.79. The third kappa shape index (κ3) is 3.45. The van der Waals surface area contributed by atoms with E-state index >= 15 is 0 Å². The highest BCUT2D eigenvalue weighted by molar-refractivity contribution is 6.33. The molecular formula is C14H15ClN4O. The lowest BCUT2D eigenvalue weighted by molar-refractivity contribution is 0.102. The van der Waals surface area contributed by atoms with Crippen molar-refractivity contribution in [3.05, 3.63) is 47.2 Å². The number of pyridine rings is 2. The van der Waals surface area contributed by atoms with Crippen LogP contribution in [0.1, 0.15) is 23.7 Å². The molecule has 2 heterocycles. The van der Waals surface area contributed by atoms with Crippen molar-refractivity contribution < 1.29 is 4.79 Å². The number of halogens is 1. The number of anilines is 2. The first kappa shape index (κ1) is 14.3. The van der Waals surface area contributed by atoms with Crippen molar-refractivity contribution in [2.45, 2.75) is 13.3 Å². The van der Waals surface area contributed by atoms with Gasteiger partial charge in [0.2, 0.25) is 0 Å². The molecule has 0 bridgehead atoms. The molecular weight excluding hydrogens is 276 g/mol. The lowest BCUT2D eigenvalue weighted by atomic mass is 10.2. The molecule has 0 atom stereocenters. The second-order valence-corrected chi connectivity index (χ2v) is 4.52. The number of carbonyl (C=O) groups is 1. The van der Waals surface area contributed by atoms with Gasteiger partial charge >= 0.3 is 0 Å². The smallest absolute Gasteiger partial charge is 0.260 e. The summed E-state index contributed by atoms with van der Waals surface area (Å²) < 4.78 is 0. The molecule has 20 heavy (non-hydrogen) atoms. The second-order valence-electron chi connectivity index (χ2n) is 4.11. The zero-order valence-electron chi connectivity index (χ0n) is 11.1. The van der Waals surface area contributed by atoms with Crippen LogP contribution in [-0.2, 0) is 0 Å². The quantitative estimate of drug-likeness (QED) is 0.887. The first-order valence-electron chi connectivity index (χ1n) is 6.33. The van der Waals surface area contributed by atoms with Gasteiger partial charge in [-0.15, -0.1) is 0 Å². The van der Waals surface area contributed by atoms with E-state index in [1.807, 2.05) is 6.92 Å². The summed E-state index contributed by atoms with van der Waals surface area (Å²) in [4.78, 5) is 20.5. The van der Waals surface area contributed by atoms with E-state index < -0.39 is 0 Å². The summed E-state index contributed by atoms with van der Waals surface area (Å²) in [5.74, 6) is 0.598. The van der Waals surface area contributed by atoms with Gasteiger partial charge in [0.25, 0.3) is 5.91 Å². The van der Waals surface area contributed by atoms with E-state index in [1.54, 1.807) is 36.7 Å². The topological polar surface area (TPSA) is 66.9 Å². The molecule has 0 spiro atoms. The third-order valence-electron chi connectivity index (χ3n) is 2.59. The van der Waals surface area contributed by atoms with Gasteiger partial charge in [-0.25, -0.2) is 9.97 Å². The Balaban J connectivity index is 2.19. The van der Waals surface area contributed by atoms with E-state index in [2.05, 4.69) is 20.6 Å². The number of amides is 1. The highest BCUT2D eigenvalue weighted by Crippen LogP contribution is 2.19. The van der Waals surface area contributed by atoms with Crippen molar-refractivity contribution in [3.63, 3.8) is 0 Å². The van der Waals surface area contributed by atoms with Crippen molar-refractivity contribution in [1.82, 2.24) is 9.97 Å². The first-order valence-corrected chi connectivity index (χ1v) is 6.71. The van der Waals surface area contributed by atoms with Gasteiger partial charge in [-0.3, -0.25) is 4.79 Å². The molecule has 1 amide bonds. The Labute approximate surface area is 122 Å². The molecule has 6 heteroatoms. The van der Waals surface area contributed by atoms with Crippen LogP contribution in [0.4, 0.5) is 11.6 Å². The summed E-state index contributed by atoms with van der Waals surface area (Å²) >= 11 is 5.97. The number of hydrogen-bond donors (Lipinski definition) is 2. The lowest BCUT2D eigenvalue weighted by Gasteiger charge is -2.10. The largest absolute Gasteiger partial charge is 0.369 e. The molecule has 0 aromatic carbocycles. The minimum atomic E-state index is -0.294. The van der Waals surface area contributed by atoms with Gasteiger partial charge in [-0.1, -0.05) is 18.5 Å². The minimum absolute atomic E-state index is 0.294. The van der Waals surface area contributed by atoms with Gasteiger partial charge in [0.15, 0.2) is 5.82 Å². The average Bonchev–Trinajstić information content (AvgIpc) is 2.47. The first-order chi connectivity index (χ1) is 9.72. The van der Waals surface area contributed by atoms with E-state index in [1.165, 1.54) is 0 Å². The highest BCUT2D eigenvalue weighted by Gasteiger charge is 2.13. The minimum Gasteiger partial charge on any atom is -0.369 e. The van der Waals surface area contributed by atoms with Gasteiger partial charge in [0.1, 0.15) is 5.82 Å². The van der Waals surface area contributed by atoms with Crippen LogP contribution >= 0.6 is 11.6 Å². The van der Waals surface area contributed by atoms with Crippen LogP contribution in [-0.4, -0.2) is 22.4 Å². The summed E-state index contributed by atoms with van der Waals surface area (Å²) in [7, 11) is 0. The van der Waals surface area contributed by atoms with E-state index in [4.69, 9.17) is 11.6 Å². The maximum atomic E-state index is 12.3. The van der Waals surface area contributed by atoms with E-state index in [-0.39, 0.29) is 5.91 Å². The molecule has 2 N–H and O–H groups in total. The van der Waals surface area contributed by atoms with Crippen molar-refractivity contribution in [2.24, 2.45) is 0 Å². The zero-order valence-corrected chi connectivity index (χ0v) is 11.8. The number of nitrogens with zero attached hydrogens (tertiary/aromatic N) is 2. The van der Waals surface area contributed by atoms with Gasteiger partial charge < -0.3 is 10.6 Å². The van der Waals surface area contributed by atoms with Crippen LogP contribution in [0.25, 0.3) is 0 Å². The third-order valence-corrected chi connectivity index (χ3v) is 2.89. The Morgan fingerprint density at radius 1 is 1.20 bits per heavy atom.